The van der Waals surface area contributed by atoms with E-state index >= 15 is 0 Å². The Labute approximate surface area is 193 Å². The van der Waals surface area contributed by atoms with E-state index < -0.39 is 10.0 Å². The molecule has 4 rings (SSSR count). The van der Waals surface area contributed by atoms with E-state index in [2.05, 4.69) is 15.6 Å². The van der Waals surface area contributed by atoms with Gasteiger partial charge in [-0.1, -0.05) is 24.3 Å². The van der Waals surface area contributed by atoms with Crippen LogP contribution in [-0.4, -0.2) is 47.1 Å². The molecule has 0 saturated carbocycles. The molecule has 2 aliphatic heterocycles. The first kappa shape index (κ1) is 22.5. The van der Waals surface area contributed by atoms with E-state index in [1.807, 2.05) is 42.5 Å². The van der Waals surface area contributed by atoms with Crippen LogP contribution in [0.15, 0.2) is 47.5 Å². The normalized spacial score (nSPS) is 14.8. The van der Waals surface area contributed by atoms with Crippen molar-refractivity contribution in [2.75, 3.05) is 37.0 Å². The molecule has 2 heterocycles. The van der Waals surface area contributed by atoms with Crippen molar-refractivity contribution in [3.8, 4) is 11.5 Å². The van der Waals surface area contributed by atoms with Crippen LogP contribution in [0.4, 0.5) is 5.69 Å². The van der Waals surface area contributed by atoms with Crippen LogP contribution in [-0.2, 0) is 23.0 Å². The maximum absolute atomic E-state index is 12.8. The molecule has 0 atom stereocenters. The van der Waals surface area contributed by atoms with E-state index in [0.717, 1.165) is 34.7 Å². The summed E-state index contributed by atoms with van der Waals surface area (Å²) in [6, 6.07) is 13.4. The monoisotopic (exact) mass is 544 g/mol. The summed E-state index contributed by atoms with van der Waals surface area (Å²) in [7, 11) is -1.74. The Bertz CT molecular complexity index is 1030. The second-order valence-electron chi connectivity index (χ2n) is 6.81. The number of guanidine groups is 1. The molecule has 0 fully saturated rings. The zero-order chi connectivity index (χ0) is 20.3. The number of fused-ring (bicyclic) bond motifs is 2. The van der Waals surface area contributed by atoms with E-state index in [1.165, 1.54) is 4.31 Å². The highest BCUT2D eigenvalue weighted by atomic mass is 127. The Hall–Kier alpha value is -2.21. The summed E-state index contributed by atoms with van der Waals surface area (Å²) >= 11 is 0. The van der Waals surface area contributed by atoms with Gasteiger partial charge in [0.05, 0.1) is 11.4 Å². The fourth-order valence-corrected chi connectivity index (χ4v) is 4.89. The quantitative estimate of drug-likeness (QED) is 0.329. The third-order valence-corrected chi connectivity index (χ3v) is 6.72. The van der Waals surface area contributed by atoms with Gasteiger partial charge in [-0.25, -0.2) is 8.42 Å². The van der Waals surface area contributed by atoms with Crippen LogP contribution < -0.4 is 24.4 Å². The van der Waals surface area contributed by atoms with E-state index in [4.69, 9.17) is 9.47 Å². The Kier molecular flexibility index (Phi) is 7.29. The summed E-state index contributed by atoms with van der Waals surface area (Å²) < 4.78 is 37.7. The number of nitrogens with zero attached hydrogens (tertiary/aromatic N) is 2. The van der Waals surface area contributed by atoms with Crippen molar-refractivity contribution < 1.29 is 17.9 Å². The van der Waals surface area contributed by atoms with Gasteiger partial charge in [0.1, 0.15) is 0 Å². The lowest BCUT2D eigenvalue weighted by Crippen LogP contribution is -2.41. The largest absolute Gasteiger partial charge is 0.454 e. The molecule has 0 bridgehead atoms. The van der Waals surface area contributed by atoms with Gasteiger partial charge in [0, 0.05) is 26.7 Å². The zero-order valence-corrected chi connectivity index (χ0v) is 19.8. The van der Waals surface area contributed by atoms with Gasteiger partial charge in [0.25, 0.3) is 0 Å². The molecule has 2 aromatic rings. The molecule has 2 aliphatic rings. The van der Waals surface area contributed by atoms with Gasteiger partial charge in [0.15, 0.2) is 17.5 Å². The molecular formula is C20H25IN4O4S. The Morgan fingerprint density at radius 3 is 2.77 bits per heavy atom. The molecule has 0 unspecified atom stereocenters. The van der Waals surface area contributed by atoms with Gasteiger partial charge < -0.3 is 20.1 Å². The molecule has 8 nitrogen and oxygen atoms in total. The summed E-state index contributed by atoms with van der Waals surface area (Å²) in [6.45, 7) is 1.54. The fourth-order valence-electron chi connectivity index (χ4n) is 3.46. The number of nitrogens with one attached hydrogen (secondary N) is 2. The molecule has 10 heteroatoms. The van der Waals surface area contributed by atoms with Crippen LogP contribution in [0, 0.1) is 0 Å². The highest BCUT2D eigenvalue weighted by molar-refractivity contribution is 14.0. The fraction of sp³-hybridized carbons (Fsp3) is 0.350. The Morgan fingerprint density at radius 2 is 1.93 bits per heavy atom. The number of benzene rings is 2. The van der Waals surface area contributed by atoms with E-state index in [0.29, 0.717) is 19.0 Å². The topological polar surface area (TPSA) is 92.3 Å². The lowest BCUT2D eigenvalue weighted by molar-refractivity contribution is 0.174. The first-order valence-corrected chi connectivity index (χ1v) is 11.1. The SMILES string of the molecule is CN=C(NCCS(=O)(=O)N1CCc2ccccc21)NCc1ccc2c(c1)OCO2.I. The van der Waals surface area contributed by atoms with Crippen LogP contribution in [0.5, 0.6) is 11.5 Å². The molecule has 0 aliphatic carbocycles. The minimum absolute atomic E-state index is 0. The van der Waals surface area contributed by atoms with Crippen LogP contribution in [0.2, 0.25) is 0 Å². The van der Waals surface area contributed by atoms with Gasteiger partial charge in [-0.15, -0.1) is 24.0 Å². The molecule has 2 N–H and O–H groups in total. The summed E-state index contributed by atoms with van der Waals surface area (Å²) in [4.78, 5) is 4.16. The Balaban J connectivity index is 0.00000256. The average Bonchev–Trinajstić information content (AvgIpc) is 3.37. The lowest BCUT2D eigenvalue weighted by Gasteiger charge is -2.20. The highest BCUT2D eigenvalue weighted by Gasteiger charge is 2.28. The van der Waals surface area contributed by atoms with Gasteiger partial charge in [0.2, 0.25) is 16.8 Å². The van der Waals surface area contributed by atoms with Crippen molar-refractivity contribution in [1.29, 1.82) is 0 Å². The second-order valence-corrected chi connectivity index (χ2v) is 8.82. The van der Waals surface area contributed by atoms with E-state index in [-0.39, 0.29) is 43.1 Å². The molecule has 30 heavy (non-hydrogen) atoms. The van der Waals surface area contributed by atoms with Gasteiger partial charge in [-0.3, -0.25) is 9.30 Å². The summed E-state index contributed by atoms with van der Waals surface area (Å²) in [6.07, 6.45) is 0.752. The minimum atomic E-state index is -3.39. The van der Waals surface area contributed by atoms with Crippen molar-refractivity contribution in [2.45, 2.75) is 13.0 Å². The third kappa shape index (κ3) is 4.91. The maximum Gasteiger partial charge on any atom is 0.236 e. The summed E-state index contributed by atoms with van der Waals surface area (Å²) in [5.74, 6) is 2.00. The zero-order valence-electron chi connectivity index (χ0n) is 16.6. The number of rotatable bonds is 6. The van der Waals surface area contributed by atoms with E-state index in [1.54, 1.807) is 7.05 Å². The number of sulfonamides is 1. The predicted octanol–water partition coefficient (Wildman–Crippen LogP) is 2.09. The van der Waals surface area contributed by atoms with Gasteiger partial charge in [-0.05, 0) is 35.7 Å². The van der Waals surface area contributed by atoms with Crippen molar-refractivity contribution in [3.05, 3.63) is 53.6 Å². The predicted molar refractivity (Wildman–Crippen MR) is 127 cm³/mol. The maximum atomic E-state index is 12.8. The average molecular weight is 544 g/mol. The second kappa shape index (κ2) is 9.73. The number of anilines is 1. The van der Waals surface area contributed by atoms with Gasteiger partial charge >= 0.3 is 0 Å². The van der Waals surface area contributed by atoms with Crippen molar-refractivity contribution >= 4 is 45.6 Å². The van der Waals surface area contributed by atoms with Crippen molar-refractivity contribution in [1.82, 2.24) is 10.6 Å². The van der Waals surface area contributed by atoms with E-state index in [9.17, 15) is 8.42 Å². The number of hydrogen-bond acceptors (Lipinski definition) is 5. The number of para-hydroxylation sites is 1. The molecule has 0 radical (unpaired) electrons. The molecule has 0 aromatic heterocycles. The summed E-state index contributed by atoms with van der Waals surface area (Å²) in [5, 5.41) is 6.26. The molecule has 162 valence electrons. The first-order valence-electron chi connectivity index (χ1n) is 9.48. The molecule has 2 aromatic carbocycles. The van der Waals surface area contributed by atoms with Crippen LogP contribution in [0.3, 0.4) is 0 Å². The van der Waals surface area contributed by atoms with Crippen molar-refractivity contribution in [2.24, 2.45) is 4.99 Å². The summed E-state index contributed by atoms with van der Waals surface area (Å²) in [5.41, 5.74) is 2.88. The third-order valence-electron chi connectivity index (χ3n) is 4.95. The number of hydrogen-bond donors (Lipinski definition) is 2. The standard InChI is InChI=1S/C20H24N4O4S.HI/c1-21-20(23-13-15-6-7-18-19(12-15)28-14-27-18)22-9-11-29(25,26)24-10-8-16-4-2-3-5-17(16)24;/h2-7,12H,8-11,13-14H2,1H3,(H2,21,22,23);1H. The lowest BCUT2D eigenvalue weighted by atomic mass is 10.2. The molecule has 0 spiro atoms. The number of aliphatic imine (C=N–C) groups is 1. The minimum Gasteiger partial charge on any atom is -0.454 e. The van der Waals surface area contributed by atoms with Crippen molar-refractivity contribution in [3.63, 3.8) is 0 Å². The molecule has 0 saturated heterocycles. The first-order chi connectivity index (χ1) is 14.1. The van der Waals surface area contributed by atoms with Crippen LogP contribution in [0.1, 0.15) is 11.1 Å². The smallest absolute Gasteiger partial charge is 0.236 e. The number of halogens is 1. The van der Waals surface area contributed by atoms with Crippen LogP contribution in [0.25, 0.3) is 0 Å². The Morgan fingerprint density at radius 1 is 1.13 bits per heavy atom. The highest BCUT2D eigenvalue weighted by Crippen LogP contribution is 2.32. The number of ether oxygens (including phenoxy) is 2. The molecule has 0 amide bonds. The van der Waals surface area contributed by atoms with Gasteiger partial charge in [-0.2, -0.15) is 0 Å². The molecular weight excluding hydrogens is 519 g/mol. The van der Waals surface area contributed by atoms with Crippen LogP contribution >= 0.6 is 24.0 Å².